The van der Waals surface area contributed by atoms with Crippen LogP contribution in [0.2, 0.25) is 0 Å². The average molecular weight is 706 g/mol. The van der Waals surface area contributed by atoms with Crippen LogP contribution in [0, 0.1) is 0 Å². The normalized spacial score (nSPS) is 13.8. The molecule has 0 aromatic rings. The van der Waals surface area contributed by atoms with E-state index in [0.29, 0.717) is 6.42 Å². The van der Waals surface area contributed by atoms with E-state index in [1.165, 1.54) is 167 Å². The fraction of sp³-hybridized carbons (Fsp3) is 0.889. The fourth-order valence-electron chi connectivity index (χ4n) is 6.81. The average Bonchev–Trinajstić information content (AvgIpc) is 3.11. The highest BCUT2D eigenvalue weighted by atomic mass is 16.3. The van der Waals surface area contributed by atoms with Crippen LogP contribution in [0.25, 0.3) is 0 Å². The molecule has 5 nitrogen and oxygen atoms in total. The number of hydrogen-bond acceptors (Lipinski definition) is 4. The van der Waals surface area contributed by atoms with Crippen molar-refractivity contribution >= 4 is 5.91 Å². The monoisotopic (exact) mass is 706 g/mol. The highest BCUT2D eigenvalue weighted by Crippen LogP contribution is 2.15. The van der Waals surface area contributed by atoms with Crippen molar-refractivity contribution < 1.29 is 20.1 Å². The van der Waals surface area contributed by atoms with Gasteiger partial charge in [-0.05, 0) is 44.9 Å². The van der Waals surface area contributed by atoms with Crippen molar-refractivity contribution in [3.05, 3.63) is 24.3 Å². The Morgan fingerprint density at radius 2 is 0.840 bits per heavy atom. The number of aliphatic hydroxyl groups excluding tert-OH is 3. The molecule has 0 heterocycles. The van der Waals surface area contributed by atoms with E-state index in [9.17, 15) is 20.1 Å². The molecule has 0 aliphatic carbocycles. The molecule has 0 aliphatic heterocycles. The summed E-state index contributed by atoms with van der Waals surface area (Å²) in [5, 5.41) is 33.2. The number of rotatable bonds is 40. The molecule has 0 bridgehead atoms. The molecule has 0 aliphatic rings. The SMILES string of the molecule is CCCCCCCCCCCCCC/C=C\CCCCCCCC(O)CC(=O)NC(CO)C(O)/C=C/CCCCCCCCCCCCCC. The van der Waals surface area contributed by atoms with Crippen molar-refractivity contribution in [2.45, 2.75) is 250 Å². The Morgan fingerprint density at radius 1 is 0.500 bits per heavy atom. The molecular formula is C45H87NO4. The highest BCUT2D eigenvalue weighted by Gasteiger charge is 2.20. The molecule has 0 aromatic carbocycles. The van der Waals surface area contributed by atoms with Gasteiger partial charge in [0.1, 0.15) is 0 Å². The third-order valence-electron chi connectivity index (χ3n) is 10.2. The lowest BCUT2D eigenvalue weighted by molar-refractivity contribution is -0.124. The fourth-order valence-corrected chi connectivity index (χ4v) is 6.81. The van der Waals surface area contributed by atoms with Gasteiger partial charge in [0.15, 0.2) is 0 Å². The molecule has 296 valence electrons. The Hall–Kier alpha value is -1.17. The van der Waals surface area contributed by atoms with Gasteiger partial charge in [0, 0.05) is 0 Å². The first-order valence-electron chi connectivity index (χ1n) is 22.1. The molecule has 3 atom stereocenters. The Bertz CT molecular complexity index is 739. The predicted molar refractivity (Wildman–Crippen MR) is 218 cm³/mol. The van der Waals surface area contributed by atoms with Gasteiger partial charge in [0.05, 0.1) is 31.3 Å². The Morgan fingerprint density at radius 3 is 1.22 bits per heavy atom. The van der Waals surface area contributed by atoms with E-state index in [1.807, 2.05) is 6.08 Å². The summed E-state index contributed by atoms with van der Waals surface area (Å²) >= 11 is 0. The minimum atomic E-state index is -0.928. The first kappa shape index (κ1) is 48.8. The lowest BCUT2D eigenvalue weighted by atomic mass is 10.0. The number of carbonyl (C=O) groups is 1. The van der Waals surface area contributed by atoms with E-state index in [4.69, 9.17) is 0 Å². The molecule has 0 aromatic heterocycles. The number of nitrogens with one attached hydrogen (secondary N) is 1. The molecule has 0 saturated heterocycles. The minimum absolute atomic E-state index is 0.00970. The summed E-state index contributed by atoms with van der Waals surface area (Å²) in [5.74, 6) is -0.319. The van der Waals surface area contributed by atoms with Crippen LogP contribution in [0.3, 0.4) is 0 Å². The van der Waals surface area contributed by atoms with Crippen molar-refractivity contribution in [3.63, 3.8) is 0 Å². The second-order valence-corrected chi connectivity index (χ2v) is 15.3. The lowest BCUT2D eigenvalue weighted by Crippen LogP contribution is -2.45. The van der Waals surface area contributed by atoms with E-state index < -0.39 is 18.2 Å². The van der Waals surface area contributed by atoms with Gasteiger partial charge in [-0.1, -0.05) is 205 Å². The molecule has 0 spiro atoms. The smallest absolute Gasteiger partial charge is 0.222 e. The molecule has 0 radical (unpaired) electrons. The molecule has 0 rings (SSSR count). The molecule has 0 fully saturated rings. The van der Waals surface area contributed by atoms with Crippen molar-refractivity contribution in [2.24, 2.45) is 0 Å². The van der Waals surface area contributed by atoms with Crippen LogP contribution in [0.5, 0.6) is 0 Å². The van der Waals surface area contributed by atoms with E-state index in [-0.39, 0.29) is 18.9 Å². The number of carbonyl (C=O) groups excluding carboxylic acids is 1. The van der Waals surface area contributed by atoms with Crippen molar-refractivity contribution in [2.75, 3.05) is 6.61 Å². The van der Waals surface area contributed by atoms with Crippen LogP contribution in [0.1, 0.15) is 232 Å². The van der Waals surface area contributed by atoms with Crippen LogP contribution < -0.4 is 5.32 Å². The van der Waals surface area contributed by atoms with Gasteiger partial charge in [-0.2, -0.15) is 0 Å². The number of amides is 1. The molecule has 50 heavy (non-hydrogen) atoms. The summed E-state index contributed by atoms with van der Waals surface area (Å²) in [6.07, 6.45) is 48.9. The number of unbranched alkanes of at least 4 members (excludes halogenated alkanes) is 29. The zero-order valence-corrected chi connectivity index (χ0v) is 33.5. The first-order chi connectivity index (χ1) is 24.5. The Labute approximate surface area is 312 Å². The summed E-state index contributed by atoms with van der Waals surface area (Å²) in [6, 6.07) is -0.744. The lowest BCUT2D eigenvalue weighted by Gasteiger charge is -2.21. The van der Waals surface area contributed by atoms with Gasteiger partial charge < -0.3 is 20.6 Å². The number of hydrogen-bond donors (Lipinski definition) is 4. The summed E-state index contributed by atoms with van der Waals surface area (Å²) in [4.78, 5) is 12.4. The third kappa shape index (κ3) is 36.6. The maximum Gasteiger partial charge on any atom is 0.222 e. The van der Waals surface area contributed by atoms with Gasteiger partial charge in [-0.25, -0.2) is 0 Å². The molecule has 3 unspecified atom stereocenters. The van der Waals surface area contributed by atoms with Crippen LogP contribution in [-0.4, -0.2) is 46.1 Å². The summed E-state index contributed by atoms with van der Waals surface area (Å²) in [5.41, 5.74) is 0. The molecule has 0 saturated carbocycles. The molecule has 1 amide bonds. The van der Waals surface area contributed by atoms with E-state index >= 15 is 0 Å². The highest BCUT2D eigenvalue weighted by molar-refractivity contribution is 5.76. The summed E-state index contributed by atoms with van der Waals surface area (Å²) in [7, 11) is 0. The molecule has 4 N–H and O–H groups in total. The van der Waals surface area contributed by atoms with E-state index in [1.54, 1.807) is 6.08 Å². The van der Waals surface area contributed by atoms with Gasteiger partial charge in [-0.3, -0.25) is 4.79 Å². The van der Waals surface area contributed by atoms with Gasteiger partial charge >= 0.3 is 0 Å². The molecular weight excluding hydrogens is 618 g/mol. The van der Waals surface area contributed by atoms with Crippen molar-refractivity contribution in [3.8, 4) is 0 Å². The van der Waals surface area contributed by atoms with Gasteiger partial charge in [-0.15, -0.1) is 0 Å². The zero-order valence-electron chi connectivity index (χ0n) is 33.5. The quantitative estimate of drug-likeness (QED) is 0.0377. The van der Waals surface area contributed by atoms with Gasteiger partial charge in [0.25, 0.3) is 0 Å². The first-order valence-corrected chi connectivity index (χ1v) is 22.1. The minimum Gasteiger partial charge on any atom is -0.394 e. The van der Waals surface area contributed by atoms with E-state index in [2.05, 4.69) is 31.3 Å². The standard InChI is InChI=1S/C45H87NO4/c1-3-5-7-9-11-13-15-17-19-20-21-22-23-24-25-26-28-30-32-34-36-38-42(48)40-45(50)46-43(41-47)44(49)39-37-35-33-31-29-27-18-16-14-12-10-8-6-4-2/h24-25,37,39,42-44,47-49H,3-23,26-36,38,40-41H2,1-2H3,(H,46,50)/b25-24-,39-37+. The Kier molecular flexibility index (Phi) is 39.6. The summed E-state index contributed by atoms with van der Waals surface area (Å²) in [6.45, 7) is 4.22. The summed E-state index contributed by atoms with van der Waals surface area (Å²) < 4.78 is 0. The number of allylic oxidation sites excluding steroid dienone is 3. The van der Waals surface area contributed by atoms with Crippen molar-refractivity contribution in [1.82, 2.24) is 5.32 Å². The largest absolute Gasteiger partial charge is 0.394 e. The molecule has 5 heteroatoms. The number of aliphatic hydroxyl groups is 3. The maximum absolute atomic E-state index is 12.4. The van der Waals surface area contributed by atoms with Crippen LogP contribution in [0.15, 0.2) is 24.3 Å². The van der Waals surface area contributed by atoms with Crippen molar-refractivity contribution in [1.29, 1.82) is 0 Å². The third-order valence-corrected chi connectivity index (χ3v) is 10.2. The van der Waals surface area contributed by atoms with Crippen LogP contribution >= 0.6 is 0 Å². The zero-order chi connectivity index (χ0) is 36.6. The van der Waals surface area contributed by atoms with E-state index in [0.717, 1.165) is 38.5 Å². The van der Waals surface area contributed by atoms with Gasteiger partial charge in [0.2, 0.25) is 5.91 Å². The second-order valence-electron chi connectivity index (χ2n) is 15.3. The Balaban J connectivity index is 3.65. The second kappa shape index (κ2) is 40.6. The van der Waals surface area contributed by atoms with Crippen LogP contribution in [-0.2, 0) is 4.79 Å². The van der Waals surface area contributed by atoms with Crippen LogP contribution in [0.4, 0.5) is 0 Å². The predicted octanol–water partition coefficient (Wildman–Crippen LogP) is 12.6. The maximum atomic E-state index is 12.4. The topological polar surface area (TPSA) is 89.8 Å².